The molecule has 94 valence electrons. The van der Waals surface area contributed by atoms with Crippen LogP contribution in [0.5, 0.6) is 0 Å². The Morgan fingerprint density at radius 3 is 3.28 bits per heavy atom. The van der Waals surface area contributed by atoms with E-state index in [4.69, 9.17) is 0 Å². The van der Waals surface area contributed by atoms with Crippen molar-refractivity contribution in [3.63, 3.8) is 0 Å². The minimum atomic E-state index is -0.0813. The number of carbonyl (C=O) groups excluding carboxylic acids is 1. The number of allylic oxidation sites excluding steroid dienone is 2. The summed E-state index contributed by atoms with van der Waals surface area (Å²) in [6.07, 6.45) is 6.84. The number of thiazole rings is 1. The van der Waals surface area contributed by atoms with Crippen molar-refractivity contribution in [2.75, 3.05) is 0 Å². The van der Waals surface area contributed by atoms with Crippen LogP contribution in [0, 0.1) is 18.8 Å². The van der Waals surface area contributed by atoms with Gasteiger partial charge in [-0.25, -0.2) is 10.4 Å². The number of amides is 1. The zero-order chi connectivity index (χ0) is 12.5. The summed E-state index contributed by atoms with van der Waals surface area (Å²) in [6, 6.07) is 0. The third-order valence-corrected chi connectivity index (χ3v) is 4.32. The van der Waals surface area contributed by atoms with Gasteiger partial charge in [-0.3, -0.25) is 4.79 Å². The number of aromatic nitrogens is 1. The van der Waals surface area contributed by atoms with Crippen LogP contribution in [0.25, 0.3) is 0 Å². The molecule has 4 nitrogen and oxygen atoms in total. The first kappa shape index (κ1) is 11.6. The van der Waals surface area contributed by atoms with Gasteiger partial charge in [0, 0.05) is 17.0 Å². The van der Waals surface area contributed by atoms with Crippen molar-refractivity contribution in [3.8, 4) is 0 Å². The van der Waals surface area contributed by atoms with E-state index in [1.54, 1.807) is 11.3 Å². The second kappa shape index (κ2) is 4.65. The first-order chi connectivity index (χ1) is 8.72. The average molecular weight is 261 g/mol. The van der Waals surface area contributed by atoms with Gasteiger partial charge in [-0.15, -0.1) is 11.3 Å². The van der Waals surface area contributed by atoms with E-state index >= 15 is 0 Å². The third-order valence-electron chi connectivity index (χ3n) is 3.50. The molecule has 1 amide bonds. The van der Waals surface area contributed by atoms with E-state index in [1.807, 2.05) is 12.3 Å². The predicted octanol–water partition coefficient (Wildman–Crippen LogP) is 2.06. The van der Waals surface area contributed by atoms with Crippen molar-refractivity contribution >= 4 is 23.0 Å². The Hall–Kier alpha value is -1.49. The Kier molecular flexibility index (Phi) is 2.99. The number of hydrazone groups is 1. The molecule has 2 aliphatic rings. The summed E-state index contributed by atoms with van der Waals surface area (Å²) in [5.74, 6) is 1.14. The average Bonchev–Trinajstić information content (AvgIpc) is 2.86. The van der Waals surface area contributed by atoms with E-state index in [0.717, 1.165) is 29.3 Å². The molecule has 1 N–H and O–H groups in total. The van der Waals surface area contributed by atoms with Gasteiger partial charge >= 0.3 is 0 Å². The first-order valence-corrected chi connectivity index (χ1v) is 7.03. The lowest BCUT2D eigenvalue weighted by Crippen LogP contribution is -2.35. The quantitative estimate of drug-likeness (QED) is 0.669. The van der Waals surface area contributed by atoms with Crippen molar-refractivity contribution in [3.05, 3.63) is 28.2 Å². The van der Waals surface area contributed by atoms with Crippen molar-refractivity contribution in [2.24, 2.45) is 16.9 Å². The Morgan fingerprint density at radius 1 is 1.67 bits per heavy atom. The molecule has 18 heavy (non-hydrogen) atoms. The van der Waals surface area contributed by atoms with Crippen LogP contribution in [0.3, 0.4) is 0 Å². The predicted molar refractivity (Wildman–Crippen MR) is 71.5 cm³/mol. The summed E-state index contributed by atoms with van der Waals surface area (Å²) in [7, 11) is 0. The molecule has 1 fully saturated rings. The summed E-state index contributed by atoms with van der Waals surface area (Å²) < 4.78 is 0. The topological polar surface area (TPSA) is 54.4 Å². The second-order valence-electron chi connectivity index (χ2n) is 4.81. The van der Waals surface area contributed by atoms with Gasteiger partial charge in [-0.05, 0) is 25.7 Å². The standard InChI is InChI=1S/C13H15N3OS/c1-8-14-10(7-18-8)6-13(17)16-15-12-5-9-3-2-4-11(9)12/h2-3,7,9,11H,4-6H2,1H3,(H,16,17)/b15-12-/t9-,11-/m0/s1. The van der Waals surface area contributed by atoms with Crippen LogP contribution in [-0.4, -0.2) is 16.6 Å². The highest BCUT2D eigenvalue weighted by Crippen LogP contribution is 2.39. The van der Waals surface area contributed by atoms with E-state index in [0.29, 0.717) is 18.3 Å². The third kappa shape index (κ3) is 2.22. The van der Waals surface area contributed by atoms with Gasteiger partial charge in [0.2, 0.25) is 5.91 Å². The minimum absolute atomic E-state index is 0.0813. The van der Waals surface area contributed by atoms with Crippen LogP contribution in [0.15, 0.2) is 22.6 Å². The molecule has 0 spiro atoms. The number of aryl methyl sites for hydroxylation is 1. The normalized spacial score (nSPS) is 27.1. The van der Waals surface area contributed by atoms with E-state index in [2.05, 4.69) is 27.7 Å². The molecule has 0 aliphatic heterocycles. The van der Waals surface area contributed by atoms with Crippen LogP contribution in [0.1, 0.15) is 23.5 Å². The summed E-state index contributed by atoms with van der Waals surface area (Å²) in [6.45, 7) is 1.94. The zero-order valence-electron chi connectivity index (χ0n) is 10.2. The Morgan fingerprint density at radius 2 is 2.56 bits per heavy atom. The highest BCUT2D eigenvalue weighted by molar-refractivity contribution is 7.09. The Balaban J connectivity index is 1.51. The van der Waals surface area contributed by atoms with Crippen LogP contribution in [0.4, 0.5) is 0 Å². The minimum Gasteiger partial charge on any atom is -0.273 e. The van der Waals surface area contributed by atoms with E-state index in [9.17, 15) is 4.79 Å². The molecule has 2 aliphatic carbocycles. The maximum atomic E-state index is 11.7. The maximum Gasteiger partial charge on any atom is 0.246 e. The number of nitrogens with zero attached hydrogens (tertiary/aromatic N) is 2. The molecule has 1 heterocycles. The van der Waals surface area contributed by atoms with Gasteiger partial charge in [0.1, 0.15) is 0 Å². The molecule has 0 radical (unpaired) electrons. The van der Waals surface area contributed by atoms with Crippen LogP contribution in [-0.2, 0) is 11.2 Å². The lowest BCUT2D eigenvalue weighted by Gasteiger charge is -2.31. The Bertz CT molecular complexity index is 532. The molecule has 0 unspecified atom stereocenters. The molecule has 0 bridgehead atoms. The summed E-state index contributed by atoms with van der Waals surface area (Å²) in [4.78, 5) is 16.0. The van der Waals surface area contributed by atoms with Gasteiger partial charge in [-0.1, -0.05) is 12.2 Å². The number of fused-ring (bicyclic) bond motifs is 1. The van der Waals surface area contributed by atoms with Gasteiger partial charge in [0.25, 0.3) is 0 Å². The summed E-state index contributed by atoms with van der Waals surface area (Å²) in [5, 5.41) is 7.14. The molecule has 5 heteroatoms. The SMILES string of the molecule is Cc1nc(CC(=O)N/N=C2/C[C@@H]3C=CC[C@H]23)cs1. The maximum absolute atomic E-state index is 11.7. The lowest BCUT2D eigenvalue weighted by atomic mass is 9.74. The summed E-state index contributed by atoms with van der Waals surface area (Å²) in [5.41, 5.74) is 4.60. The van der Waals surface area contributed by atoms with E-state index < -0.39 is 0 Å². The van der Waals surface area contributed by atoms with Gasteiger partial charge in [0.05, 0.1) is 17.1 Å². The second-order valence-corrected chi connectivity index (χ2v) is 5.87. The number of carbonyl (C=O) groups is 1. The smallest absolute Gasteiger partial charge is 0.246 e. The fourth-order valence-corrected chi connectivity index (χ4v) is 3.10. The van der Waals surface area contributed by atoms with Gasteiger partial charge in [0.15, 0.2) is 0 Å². The molecule has 2 atom stereocenters. The highest BCUT2D eigenvalue weighted by Gasteiger charge is 2.37. The number of rotatable bonds is 3. The number of hydrogen-bond acceptors (Lipinski definition) is 4. The molecular formula is C13H15N3OS. The van der Waals surface area contributed by atoms with Crippen LogP contribution >= 0.6 is 11.3 Å². The molecular weight excluding hydrogens is 246 g/mol. The van der Waals surface area contributed by atoms with Crippen molar-refractivity contribution in [2.45, 2.75) is 26.2 Å². The summed E-state index contributed by atoms with van der Waals surface area (Å²) >= 11 is 1.56. The van der Waals surface area contributed by atoms with Crippen molar-refractivity contribution in [1.29, 1.82) is 0 Å². The molecule has 1 aromatic rings. The monoisotopic (exact) mass is 261 g/mol. The molecule has 1 saturated carbocycles. The zero-order valence-corrected chi connectivity index (χ0v) is 11.0. The number of nitrogens with one attached hydrogen (secondary N) is 1. The molecule has 3 rings (SSSR count). The van der Waals surface area contributed by atoms with Crippen molar-refractivity contribution < 1.29 is 4.79 Å². The van der Waals surface area contributed by atoms with E-state index in [1.165, 1.54) is 0 Å². The van der Waals surface area contributed by atoms with Crippen molar-refractivity contribution in [1.82, 2.24) is 10.4 Å². The largest absolute Gasteiger partial charge is 0.273 e. The highest BCUT2D eigenvalue weighted by atomic mass is 32.1. The van der Waals surface area contributed by atoms with Crippen LogP contribution in [0.2, 0.25) is 0 Å². The fourth-order valence-electron chi connectivity index (χ4n) is 2.49. The molecule has 0 aromatic carbocycles. The van der Waals surface area contributed by atoms with Crippen LogP contribution < -0.4 is 5.43 Å². The van der Waals surface area contributed by atoms with Gasteiger partial charge < -0.3 is 0 Å². The fraction of sp³-hybridized carbons (Fsp3) is 0.462. The van der Waals surface area contributed by atoms with Gasteiger partial charge in [-0.2, -0.15) is 5.10 Å². The molecule has 0 saturated heterocycles. The molecule has 1 aromatic heterocycles. The number of hydrogen-bond donors (Lipinski definition) is 1. The lowest BCUT2D eigenvalue weighted by molar-refractivity contribution is -0.120. The Labute approximate surface area is 110 Å². The van der Waals surface area contributed by atoms with E-state index in [-0.39, 0.29) is 5.91 Å². The first-order valence-electron chi connectivity index (χ1n) is 6.15.